The molecule has 22 heavy (non-hydrogen) atoms. The second-order valence-electron chi connectivity index (χ2n) is 3.61. The minimum atomic E-state index is -0.715. The van der Waals surface area contributed by atoms with Crippen LogP contribution in [0.5, 0.6) is 0 Å². The van der Waals surface area contributed by atoms with Gasteiger partial charge in [0.1, 0.15) is 5.28 Å². The molecule has 0 aliphatic carbocycles. The average Bonchev–Trinajstić information content (AvgIpc) is 2.51. The van der Waals surface area contributed by atoms with Crippen LogP contribution >= 0.6 is 0 Å². The van der Waals surface area contributed by atoms with Crippen LogP contribution in [-0.4, -0.2) is 69.0 Å². The summed E-state index contributed by atoms with van der Waals surface area (Å²) in [6.45, 7) is 7.47. The number of carbonyl (C=O) groups is 1. The summed E-state index contributed by atoms with van der Waals surface area (Å²) in [5.41, 5.74) is 7.85. The molecule has 0 rings (SSSR count). The first-order chi connectivity index (χ1) is 10.6. The van der Waals surface area contributed by atoms with Crippen molar-refractivity contribution in [2.24, 2.45) is 5.28 Å². The molecule has 0 bridgehead atoms. The zero-order chi connectivity index (χ0) is 17.1. The molecule has 0 saturated carbocycles. The maximum Gasteiger partial charge on any atom is 0.344 e. The number of nitrogens with zero attached hydrogens (tertiary/aromatic N) is 3. The molecule has 0 radical (unpaired) electrons. The van der Waals surface area contributed by atoms with Gasteiger partial charge in [0, 0.05) is 10.5 Å². The fourth-order valence-corrected chi connectivity index (χ4v) is 0.804. The molecule has 0 amide bonds. The number of hydrogen-bond acceptors (Lipinski definition) is 8. The minimum Gasteiger partial charge on any atom is -0.394 e. The van der Waals surface area contributed by atoms with Gasteiger partial charge in [0.05, 0.1) is 52.9 Å². The van der Waals surface area contributed by atoms with Crippen molar-refractivity contribution < 1.29 is 34.1 Å². The van der Waals surface area contributed by atoms with E-state index in [4.69, 9.17) is 30.0 Å². The molecular weight excluding hydrogens is 298 g/mol. The summed E-state index contributed by atoms with van der Waals surface area (Å²) < 4.78 is 15.0. The number of aliphatic hydroxyl groups excluding tert-OH is 2. The van der Waals surface area contributed by atoms with E-state index < -0.39 is 5.97 Å². The lowest BCUT2D eigenvalue weighted by Crippen LogP contribution is -2.11. The van der Waals surface area contributed by atoms with Crippen molar-refractivity contribution >= 4 is 5.97 Å². The summed E-state index contributed by atoms with van der Waals surface area (Å²) in [5, 5.41) is 19.3. The fourth-order valence-electron chi connectivity index (χ4n) is 0.804. The predicted octanol–water partition coefficient (Wildman–Crippen LogP) is 0.352. The first kappa shape index (κ1) is 22.6. The van der Waals surface area contributed by atoms with Crippen LogP contribution in [0, 0.1) is 0 Å². The van der Waals surface area contributed by atoms with Gasteiger partial charge >= 0.3 is 5.97 Å². The lowest BCUT2D eigenvalue weighted by molar-refractivity contribution is -0.139. The van der Waals surface area contributed by atoms with Crippen LogP contribution in [0.15, 0.2) is 17.4 Å². The molecule has 10 heteroatoms. The number of azide groups is 1. The molecule has 0 aliphatic rings. The molecule has 10 nitrogen and oxygen atoms in total. The quantitative estimate of drug-likeness (QED) is 0.132. The molecule has 0 saturated heterocycles. The highest BCUT2D eigenvalue weighted by Crippen LogP contribution is 1.91. The average molecular weight is 321 g/mol. The van der Waals surface area contributed by atoms with Gasteiger partial charge in [-0.2, -0.15) is 0 Å². The van der Waals surface area contributed by atoms with Gasteiger partial charge in [-0.1, -0.05) is 6.58 Å². The number of rotatable bonds is 12. The highest BCUT2D eigenvalue weighted by molar-refractivity contribution is 5.86. The first-order valence-electron chi connectivity index (χ1n) is 6.46. The zero-order valence-corrected chi connectivity index (χ0v) is 12.6. The Bertz CT molecular complexity index is 323. The smallest absolute Gasteiger partial charge is 0.344 e. The molecule has 0 aromatic heterocycles. The molecule has 0 unspecified atom stereocenters. The van der Waals surface area contributed by atoms with E-state index in [1.165, 1.54) is 6.92 Å². The standard InChI is InChI=1S/C8H18O5.C4H5N3O2/c9-1-3-11-5-7-13-8-6-12-4-2-10;1-3(2)4(8)9-7-6-5/h9-10H,1-8H2;1H2,2H3. The number of carbonyl (C=O) groups excluding carboxylic acids is 1. The van der Waals surface area contributed by atoms with Crippen LogP contribution < -0.4 is 0 Å². The van der Waals surface area contributed by atoms with Crippen molar-refractivity contribution in [3.05, 3.63) is 22.6 Å². The van der Waals surface area contributed by atoms with E-state index >= 15 is 0 Å². The molecule has 2 N–H and O–H groups in total. The topological polar surface area (TPSA) is 143 Å². The van der Waals surface area contributed by atoms with E-state index in [2.05, 4.69) is 21.6 Å². The number of aliphatic hydroxyl groups is 2. The Morgan fingerprint density at radius 3 is 1.77 bits per heavy atom. The van der Waals surface area contributed by atoms with E-state index in [-0.39, 0.29) is 18.8 Å². The molecule has 0 atom stereocenters. The molecule has 0 aromatic rings. The van der Waals surface area contributed by atoms with E-state index in [0.29, 0.717) is 39.6 Å². The number of ether oxygens (including phenoxy) is 3. The van der Waals surface area contributed by atoms with Gasteiger partial charge in [0.25, 0.3) is 0 Å². The minimum absolute atomic E-state index is 0.0413. The monoisotopic (exact) mass is 321 g/mol. The third-order valence-corrected chi connectivity index (χ3v) is 1.72. The molecule has 0 aliphatic heterocycles. The SMILES string of the molecule is C=C(C)C(=O)ON=[N+]=[N-].OCCOCCOCCOCCO. The maximum absolute atomic E-state index is 10.3. The Labute approximate surface area is 128 Å². The van der Waals surface area contributed by atoms with E-state index in [1.807, 2.05) is 0 Å². The fraction of sp³-hybridized carbons (Fsp3) is 0.750. The summed E-state index contributed by atoms with van der Waals surface area (Å²) in [7, 11) is 0. The summed E-state index contributed by atoms with van der Waals surface area (Å²) in [5.74, 6) is -0.715. The molecule has 0 heterocycles. The third-order valence-electron chi connectivity index (χ3n) is 1.72. The molecule has 0 aromatic carbocycles. The summed E-state index contributed by atoms with van der Waals surface area (Å²) in [6, 6.07) is 0. The van der Waals surface area contributed by atoms with Gasteiger partial charge in [-0.05, 0) is 12.5 Å². The van der Waals surface area contributed by atoms with Crippen LogP contribution in [0.1, 0.15) is 6.92 Å². The lowest BCUT2D eigenvalue weighted by Gasteiger charge is -2.04. The van der Waals surface area contributed by atoms with Gasteiger partial charge in [0.2, 0.25) is 0 Å². The summed E-state index contributed by atoms with van der Waals surface area (Å²) in [4.78, 5) is 16.4. The van der Waals surface area contributed by atoms with E-state index in [1.54, 1.807) is 0 Å². The highest BCUT2D eigenvalue weighted by atomic mass is 16.7. The Kier molecular flexibility index (Phi) is 19.8. The molecule has 0 spiro atoms. The summed E-state index contributed by atoms with van der Waals surface area (Å²) in [6.07, 6.45) is 0. The predicted molar refractivity (Wildman–Crippen MR) is 76.7 cm³/mol. The van der Waals surface area contributed by atoms with Crippen LogP contribution in [0.25, 0.3) is 10.4 Å². The largest absolute Gasteiger partial charge is 0.394 e. The number of hydrogen-bond donors (Lipinski definition) is 2. The van der Waals surface area contributed by atoms with E-state index in [9.17, 15) is 4.79 Å². The normalized spacial score (nSPS) is 9.23. The van der Waals surface area contributed by atoms with Crippen molar-refractivity contribution in [1.82, 2.24) is 0 Å². The Hall–Kier alpha value is -1.68. The summed E-state index contributed by atoms with van der Waals surface area (Å²) >= 11 is 0. The first-order valence-corrected chi connectivity index (χ1v) is 6.46. The lowest BCUT2D eigenvalue weighted by atomic mass is 10.4. The van der Waals surface area contributed by atoms with Crippen LogP contribution in [0.3, 0.4) is 0 Å². The van der Waals surface area contributed by atoms with Gasteiger partial charge in [-0.25, -0.2) is 4.79 Å². The van der Waals surface area contributed by atoms with Crippen LogP contribution in [-0.2, 0) is 23.8 Å². The zero-order valence-electron chi connectivity index (χ0n) is 12.6. The molecule has 0 fully saturated rings. The van der Waals surface area contributed by atoms with Crippen molar-refractivity contribution in [2.45, 2.75) is 6.92 Å². The van der Waals surface area contributed by atoms with Gasteiger partial charge in [0.15, 0.2) is 0 Å². The van der Waals surface area contributed by atoms with Crippen molar-refractivity contribution in [1.29, 1.82) is 0 Å². The van der Waals surface area contributed by atoms with Gasteiger partial charge in [-0.15, -0.1) is 0 Å². The second kappa shape index (κ2) is 19.3. The van der Waals surface area contributed by atoms with Crippen molar-refractivity contribution in [2.75, 3.05) is 52.9 Å². The maximum atomic E-state index is 10.3. The highest BCUT2D eigenvalue weighted by Gasteiger charge is 1.99. The molecule has 128 valence electrons. The Balaban J connectivity index is 0. The van der Waals surface area contributed by atoms with Gasteiger partial charge < -0.3 is 29.3 Å². The van der Waals surface area contributed by atoms with Gasteiger partial charge in [-0.3, -0.25) is 0 Å². The Morgan fingerprint density at radius 2 is 1.45 bits per heavy atom. The second-order valence-corrected chi connectivity index (χ2v) is 3.61. The van der Waals surface area contributed by atoms with Crippen molar-refractivity contribution in [3.63, 3.8) is 0 Å². The third kappa shape index (κ3) is 20.6. The van der Waals surface area contributed by atoms with Crippen LogP contribution in [0.2, 0.25) is 0 Å². The van der Waals surface area contributed by atoms with E-state index in [0.717, 1.165) is 0 Å². The van der Waals surface area contributed by atoms with Crippen molar-refractivity contribution in [3.8, 4) is 0 Å². The Morgan fingerprint density at radius 1 is 1.05 bits per heavy atom. The van der Waals surface area contributed by atoms with Crippen LogP contribution in [0.4, 0.5) is 0 Å². The molecular formula is C12H23N3O7.